The molecule has 2 aromatic rings. The highest BCUT2D eigenvalue weighted by atomic mass is 79.9. The smallest absolute Gasteiger partial charge is 0.124 e. The molecule has 1 heterocycles. The Balaban J connectivity index is 2.28. The van der Waals surface area contributed by atoms with Crippen LogP contribution in [0.25, 0.3) is 0 Å². The predicted molar refractivity (Wildman–Crippen MR) is 74.8 cm³/mol. The molecule has 0 aliphatic rings. The lowest BCUT2D eigenvalue weighted by atomic mass is 10.2. The molecule has 0 amide bonds. The number of hydrogen-bond donors (Lipinski definition) is 1. The lowest BCUT2D eigenvalue weighted by Gasteiger charge is -2.10. The molecule has 0 saturated heterocycles. The minimum Gasteiger partial charge on any atom is -0.497 e. The van der Waals surface area contributed by atoms with Crippen molar-refractivity contribution in [3.05, 3.63) is 41.1 Å². The van der Waals surface area contributed by atoms with Gasteiger partial charge in [0, 0.05) is 34.6 Å². The number of benzene rings is 1. The second kappa shape index (κ2) is 5.73. The van der Waals surface area contributed by atoms with E-state index in [1.165, 1.54) is 0 Å². The van der Waals surface area contributed by atoms with Crippen molar-refractivity contribution in [3.63, 3.8) is 0 Å². The zero-order valence-electron chi connectivity index (χ0n) is 10.1. The zero-order valence-corrected chi connectivity index (χ0v) is 11.7. The van der Waals surface area contributed by atoms with Crippen LogP contribution in [-0.2, 0) is 0 Å². The van der Waals surface area contributed by atoms with Gasteiger partial charge in [-0.1, -0.05) is 0 Å². The maximum atomic E-state index is 5.21. The molecular formula is C13H13BrN2O2. The first-order valence-electron chi connectivity index (χ1n) is 5.32. The molecule has 5 heteroatoms. The highest BCUT2D eigenvalue weighted by Crippen LogP contribution is 2.28. The van der Waals surface area contributed by atoms with Crippen LogP contribution in [0.5, 0.6) is 11.5 Å². The first-order chi connectivity index (χ1) is 8.71. The van der Waals surface area contributed by atoms with E-state index < -0.39 is 0 Å². The monoisotopic (exact) mass is 308 g/mol. The van der Waals surface area contributed by atoms with E-state index in [0.29, 0.717) is 0 Å². The summed E-state index contributed by atoms with van der Waals surface area (Å²) in [7, 11) is 3.25. The van der Waals surface area contributed by atoms with E-state index >= 15 is 0 Å². The maximum Gasteiger partial charge on any atom is 0.124 e. The number of hydrogen-bond acceptors (Lipinski definition) is 4. The molecule has 0 aliphatic heterocycles. The summed E-state index contributed by atoms with van der Waals surface area (Å²) in [5.74, 6) is 1.47. The van der Waals surface area contributed by atoms with Gasteiger partial charge in [0.25, 0.3) is 0 Å². The summed E-state index contributed by atoms with van der Waals surface area (Å²) in [5.41, 5.74) is 1.77. The molecule has 1 aromatic carbocycles. The van der Waals surface area contributed by atoms with Crippen LogP contribution in [0.15, 0.2) is 41.1 Å². The first-order valence-corrected chi connectivity index (χ1v) is 6.11. The molecule has 94 valence electrons. The van der Waals surface area contributed by atoms with Crippen LogP contribution in [0.4, 0.5) is 11.4 Å². The third-order valence-corrected chi connectivity index (χ3v) is 2.78. The highest BCUT2D eigenvalue weighted by Gasteiger charge is 2.02. The van der Waals surface area contributed by atoms with Gasteiger partial charge in [-0.25, -0.2) is 0 Å². The summed E-state index contributed by atoms with van der Waals surface area (Å²) in [5, 5.41) is 3.24. The Hall–Kier alpha value is -1.75. The highest BCUT2D eigenvalue weighted by molar-refractivity contribution is 9.10. The van der Waals surface area contributed by atoms with E-state index in [9.17, 15) is 0 Å². The molecule has 1 N–H and O–H groups in total. The largest absolute Gasteiger partial charge is 0.497 e. The number of pyridine rings is 1. The normalized spacial score (nSPS) is 9.94. The van der Waals surface area contributed by atoms with Crippen molar-refractivity contribution in [2.24, 2.45) is 0 Å². The summed E-state index contributed by atoms with van der Waals surface area (Å²) >= 11 is 3.38. The second-order valence-corrected chi connectivity index (χ2v) is 4.53. The number of nitrogens with zero attached hydrogens (tertiary/aromatic N) is 1. The van der Waals surface area contributed by atoms with E-state index in [-0.39, 0.29) is 0 Å². The zero-order chi connectivity index (χ0) is 13.0. The number of methoxy groups -OCH3 is 2. The fraction of sp³-hybridized carbons (Fsp3) is 0.154. The SMILES string of the molecule is COc1cc(Nc2cncc(Br)c2)cc(OC)c1. The lowest BCUT2D eigenvalue weighted by molar-refractivity contribution is 0.395. The molecule has 0 aliphatic carbocycles. The Morgan fingerprint density at radius 2 is 1.61 bits per heavy atom. The number of anilines is 2. The average molecular weight is 309 g/mol. The third-order valence-electron chi connectivity index (χ3n) is 2.34. The van der Waals surface area contributed by atoms with Gasteiger partial charge in [-0.2, -0.15) is 0 Å². The molecule has 0 radical (unpaired) electrons. The van der Waals surface area contributed by atoms with Gasteiger partial charge in [0.2, 0.25) is 0 Å². The van der Waals surface area contributed by atoms with Crippen molar-refractivity contribution >= 4 is 27.3 Å². The van der Waals surface area contributed by atoms with Crippen molar-refractivity contribution in [2.45, 2.75) is 0 Å². The molecule has 2 rings (SSSR count). The van der Waals surface area contributed by atoms with Crippen molar-refractivity contribution in [3.8, 4) is 11.5 Å². The molecule has 1 aromatic heterocycles. The Labute approximate surface area is 114 Å². The van der Waals surface area contributed by atoms with Gasteiger partial charge in [-0.3, -0.25) is 4.98 Å². The van der Waals surface area contributed by atoms with Crippen LogP contribution in [0.2, 0.25) is 0 Å². The molecule has 4 nitrogen and oxygen atoms in total. The molecule has 0 atom stereocenters. The van der Waals surface area contributed by atoms with Gasteiger partial charge in [-0.05, 0) is 22.0 Å². The third kappa shape index (κ3) is 3.13. The lowest BCUT2D eigenvalue weighted by Crippen LogP contribution is -1.94. The standard InChI is InChI=1S/C13H13BrN2O2/c1-17-12-4-10(5-13(6-12)18-2)16-11-3-9(14)7-15-8-11/h3-8,16H,1-2H3. The van der Waals surface area contributed by atoms with Crippen molar-refractivity contribution in [2.75, 3.05) is 19.5 Å². The van der Waals surface area contributed by atoms with Gasteiger partial charge in [-0.15, -0.1) is 0 Å². The predicted octanol–water partition coefficient (Wildman–Crippen LogP) is 3.60. The van der Waals surface area contributed by atoms with E-state index in [0.717, 1.165) is 27.3 Å². The van der Waals surface area contributed by atoms with Crippen molar-refractivity contribution in [1.29, 1.82) is 0 Å². The van der Waals surface area contributed by atoms with Crippen LogP contribution in [0, 0.1) is 0 Å². The fourth-order valence-electron chi connectivity index (χ4n) is 1.53. The summed E-state index contributed by atoms with van der Waals surface area (Å²) in [6, 6.07) is 7.55. The molecule has 0 bridgehead atoms. The molecule has 0 spiro atoms. The van der Waals surface area contributed by atoms with Gasteiger partial charge >= 0.3 is 0 Å². The van der Waals surface area contributed by atoms with Crippen molar-refractivity contribution in [1.82, 2.24) is 4.98 Å². The Morgan fingerprint density at radius 1 is 0.944 bits per heavy atom. The molecule has 0 saturated carbocycles. The number of nitrogens with one attached hydrogen (secondary N) is 1. The van der Waals surface area contributed by atoms with Crippen LogP contribution < -0.4 is 14.8 Å². The summed E-state index contributed by atoms with van der Waals surface area (Å²) in [4.78, 5) is 4.09. The molecule has 0 unspecified atom stereocenters. The van der Waals surface area contributed by atoms with Gasteiger partial charge in [0.15, 0.2) is 0 Å². The number of rotatable bonds is 4. The van der Waals surface area contributed by atoms with E-state index in [1.807, 2.05) is 24.3 Å². The summed E-state index contributed by atoms with van der Waals surface area (Å²) < 4.78 is 11.3. The second-order valence-electron chi connectivity index (χ2n) is 3.62. The number of ether oxygens (including phenoxy) is 2. The van der Waals surface area contributed by atoms with E-state index in [1.54, 1.807) is 26.6 Å². The van der Waals surface area contributed by atoms with Crippen LogP contribution >= 0.6 is 15.9 Å². The fourth-order valence-corrected chi connectivity index (χ4v) is 1.89. The Kier molecular flexibility index (Phi) is 4.04. The quantitative estimate of drug-likeness (QED) is 0.937. The minimum absolute atomic E-state index is 0.736. The number of halogens is 1. The van der Waals surface area contributed by atoms with E-state index in [2.05, 4.69) is 26.2 Å². The van der Waals surface area contributed by atoms with Gasteiger partial charge in [0.05, 0.1) is 26.1 Å². The molecule has 18 heavy (non-hydrogen) atoms. The van der Waals surface area contributed by atoms with Gasteiger partial charge < -0.3 is 14.8 Å². The first kappa shape index (κ1) is 12.7. The van der Waals surface area contributed by atoms with Crippen LogP contribution in [-0.4, -0.2) is 19.2 Å². The van der Waals surface area contributed by atoms with Crippen molar-refractivity contribution < 1.29 is 9.47 Å². The maximum absolute atomic E-state index is 5.21. The Bertz CT molecular complexity index is 524. The Morgan fingerprint density at radius 3 is 2.17 bits per heavy atom. The average Bonchev–Trinajstić information content (AvgIpc) is 2.38. The minimum atomic E-state index is 0.736. The van der Waals surface area contributed by atoms with Crippen LogP contribution in [0.1, 0.15) is 0 Å². The van der Waals surface area contributed by atoms with Crippen LogP contribution in [0.3, 0.4) is 0 Å². The van der Waals surface area contributed by atoms with Gasteiger partial charge in [0.1, 0.15) is 11.5 Å². The summed E-state index contributed by atoms with van der Waals surface area (Å²) in [6.07, 6.45) is 3.48. The molecule has 0 fully saturated rings. The summed E-state index contributed by atoms with van der Waals surface area (Å²) in [6.45, 7) is 0. The molecular weight excluding hydrogens is 296 g/mol. The van der Waals surface area contributed by atoms with E-state index in [4.69, 9.17) is 9.47 Å². The number of aromatic nitrogens is 1. The topological polar surface area (TPSA) is 43.4 Å².